The molecule has 2 aromatic rings. The molecule has 24 heavy (non-hydrogen) atoms. The molecule has 1 unspecified atom stereocenters. The van der Waals surface area contributed by atoms with Crippen LogP contribution in [-0.2, 0) is 0 Å². The number of ether oxygens (including phenoxy) is 3. The Balaban J connectivity index is 0.00000288. The Morgan fingerprint density at radius 3 is 1.88 bits per heavy atom. The van der Waals surface area contributed by atoms with E-state index in [9.17, 15) is 4.79 Å². The van der Waals surface area contributed by atoms with Crippen molar-refractivity contribution in [3.05, 3.63) is 45.9 Å². The second-order valence-electron chi connectivity index (χ2n) is 4.46. The molecule has 0 amide bonds. The van der Waals surface area contributed by atoms with Crippen LogP contribution >= 0.6 is 31.8 Å². The summed E-state index contributed by atoms with van der Waals surface area (Å²) in [5, 5.41) is 1.28. The summed E-state index contributed by atoms with van der Waals surface area (Å²) in [6.07, 6.45) is 0. The second-order valence-corrected chi connectivity index (χ2v) is 6.48. The number of benzene rings is 2. The molecule has 0 bridgehead atoms. The summed E-state index contributed by atoms with van der Waals surface area (Å²) in [5.41, 5.74) is 0.108. The predicted molar refractivity (Wildman–Crippen MR) is 94.8 cm³/mol. The van der Waals surface area contributed by atoms with Gasteiger partial charge in [0.05, 0.1) is 42.2 Å². The number of carbonyl (C=O) groups is 1. The summed E-state index contributed by atoms with van der Waals surface area (Å²) in [6.45, 7) is 0. The van der Waals surface area contributed by atoms with Gasteiger partial charge in [-0.25, -0.2) is 0 Å². The van der Waals surface area contributed by atoms with Gasteiger partial charge in [-0.15, -0.1) is 0 Å². The largest absolute Gasteiger partial charge is 1.00 e. The predicted octanol–water partition coefficient (Wildman–Crippen LogP) is 1.17. The van der Waals surface area contributed by atoms with E-state index in [0.29, 0.717) is 38.2 Å². The molecule has 2 rings (SSSR count). The average molecular weight is 380 g/mol. The van der Waals surface area contributed by atoms with Crippen molar-refractivity contribution in [3.8, 4) is 17.2 Å². The summed E-state index contributed by atoms with van der Waals surface area (Å²) in [4.78, 5) is 12.6. The van der Waals surface area contributed by atoms with Gasteiger partial charge < -0.3 is 14.2 Å². The van der Waals surface area contributed by atoms with E-state index in [1.54, 1.807) is 37.4 Å². The van der Waals surface area contributed by atoms with Crippen molar-refractivity contribution in [3.63, 3.8) is 0 Å². The zero-order valence-electron chi connectivity index (χ0n) is 13.8. The molecule has 8 heteroatoms. The van der Waals surface area contributed by atoms with Gasteiger partial charge in [-0.3, -0.25) is 4.79 Å². The van der Waals surface area contributed by atoms with Crippen LogP contribution in [0.1, 0.15) is 10.4 Å². The van der Waals surface area contributed by atoms with Crippen molar-refractivity contribution in [1.82, 2.24) is 0 Å². The zero-order chi connectivity index (χ0) is 17.0. The molecule has 122 valence electrons. The fourth-order valence-electron chi connectivity index (χ4n) is 2.02. The molecule has 0 fully saturated rings. The molecule has 0 aliphatic heterocycles. The molecule has 0 aliphatic carbocycles. The van der Waals surface area contributed by atoms with Crippen LogP contribution in [0.5, 0.6) is 17.2 Å². The average Bonchev–Trinajstić information content (AvgIpc) is 2.54. The standard InChI is InChI=1S/C16H15Cl2O4P.Li/c1-20-9-7-12(21-2)15(13(8-9)22-3)23-16(19)14-10(17)5-4-6-11(14)18;/h4-8,23H,1-3H3;/q;+1. The first-order chi connectivity index (χ1) is 11.0. The molecular formula is C16H15Cl2LiO4P+. The van der Waals surface area contributed by atoms with Gasteiger partial charge in [-0.1, -0.05) is 29.3 Å². The Morgan fingerprint density at radius 1 is 0.958 bits per heavy atom. The van der Waals surface area contributed by atoms with Gasteiger partial charge >= 0.3 is 18.9 Å². The number of hydrogen-bond acceptors (Lipinski definition) is 4. The molecule has 0 aliphatic rings. The van der Waals surface area contributed by atoms with Crippen LogP contribution < -0.4 is 38.4 Å². The number of rotatable bonds is 6. The maximum Gasteiger partial charge on any atom is 1.00 e. The van der Waals surface area contributed by atoms with Crippen molar-refractivity contribution in [2.45, 2.75) is 0 Å². The van der Waals surface area contributed by atoms with E-state index in [-0.39, 0.29) is 33.0 Å². The summed E-state index contributed by atoms with van der Waals surface area (Å²) >= 11 is 12.2. The van der Waals surface area contributed by atoms with Gasteiger partial charge in [-0.2, -0.15) is 0 Å². The number of hydrogen-bond donors (Lipinski definition) is 0. The van der Waals surface area contributed by atoms with Crippen molar-refractivity contribution >= 4 is 42.6 Å². The number of halogens is 2. The van der Waals surface area contributed by atoms with Crippen molar-refractivity contribution < 1.29 is 37.9 Å². The molecule has 0 N–H and O–H groups in total. The van der Waals surface area contributed by atoms with Gasteiger partial charge in [0.15, 0.2) is 5.52 Å². The Kier molecular flexibility index (Phi) is 8.43. The summed E-state index contributed by atoms with van der Waals surface area (Å²) in [6, 6.07) is 8.36. The van der Waals surface area contributed by atoms with Crippen LogP contribution in [0.3, 0.4) is 0 Å². The Labute approximate surface area is 164 Å². The molecule has 2 aromatic carbocycles. The zero-order valence-corrected chi connectivity index (χ0v) is 16.3. The minimum Gasteiger partial charge on any atom is -0.496 e. The van der Waals surface area contributed by atoms with Crippen LogP contribution in [-0.4, -0.2) is 26.9 Å². The van der Waals surface area contributed by atoms with Gasteiger partial charge in [0, 0.05) is 12.1 Å². The van der Waals surface area contributed by atoms with Gasteiger partial charge in [0.1, 0.15) is 17.2 Å². The summed E-state index contributed by atoms with van der Waals surface area (Å²) in [5.74, 6) is 1.60. The van der Waals surface area contributed by atoms with Crippen molar-refractivity contribution in [2.75, 3.05) is 21.3 Å². The maximum absolute atomic E-state index is 12.6. The third-order valence-electron chi connectivity index (χ3n) is 3.14. The van der Waals surface area contributed by atoms with Gasteiger partial charge in [-0.05, 0) is 20.7 Å². The van der Waals surface area contributed by atoms with Crippen LogP contribution in [0, 0.1) is 0 Å². The molecular weight excluding hydrogens is 365 g/mol. The van der Waals surface area contributed by atoms with Crippen LogP contribution in [0.4, 0.5) is 0 Å². The van der Waals surface area contributed by atoms with E-state index in [4.69, 9.17) is 37.4 Å². The monoisotopic (exact) mass is 379 g/mol. The smallest absolute Gasteiger partial charge is 0.496 e. The Bertz CT molecular complexity index is 695. The number of carbonyl (C=O) groups excluding carboxylic acids is 1. The quantitative estimate of drug-likeness (QED) is 0.558. The fraction of sp³-hybridized carbons (Fsp3) is 0.188. The van der Waals surface area contributed by atoms with Gasteiger partial charge in [0.25, 0.3) is 0 Å². The molecule has 0 radical (unpaired) electrons. The van der Waals surface area contributed by atoms with Gasteiger partial charge in [0.2, 0.25) is 0 Å². The third-order valence-corrected chi connectivity index (χ3v) is 4.99. The second kappa shape index (κ2) is 9.56. The topological polar surface area (TPSA) is 44.8 Å². The van der Waals surface area contributed by atoms with Crippen LogP contribution in [0.2, 0.25) is 10.0 Å². The third kappa shape index (κ3) is 4.60. The molecule has 0 heterocycles. The van der Waals surface area contributed by atoms with E-state index < -0.39 is 0 Å². The first-order valence-corrected chi connectivity index (χ1v) is 8.32. The van der Waals surface area contributed by atoms with Crippen LogP contribution in [0.15, 0.2) is 30.3 Å². The number of methoxy groups -OCH3 is 3. The fourth-order valence-corrected chi connectivity index (χ4v) is 3.96. The van der Waals surface area contributed by atoms with E-state index >= 15 is 0 Å². The minimum atomic E-state index is -0.256. The first kappa shape index (κ1) is 21.2. The van der Waals surface area contributed by atoms with Crippen molar-refractivity contribution in [2.24, 2.45) is 0 Å². The van der Waals surface area contributed by atoms with E-state index in [0.717, 1.165) is 0 Å². The normalized spacial score (nSPS) is 10.4. The van der Waals surface area contributed by atoms with E-state index in [1.807, 2.05) is 0 Å². The maximum atomic E-state index is 12.6. The Hall–Kier alpha value is -0.883. The molecule has 0 aromatic heterocycles. The van der Waals surface area contributed by atoms with Crippen LogP contribution in [0.25, 0.3) is 0 Å². The molecule has 1 atom stereocenters. The first-order valence-electron chi connectivity index (χ1n) is 6.57. The molecule has 0 saturated heterocycles. The van der Waals surface area contributed by atoms with Crippen molar-refractivity contribution in [1.29, 1.82) is 0 Å². The summed E-state index contributed by atoms with van der Waals surface area (Å²) in [7, 11) is 4.34. The molecule has 4 nitrogen and oxygen atoms in total. The van der Waals surface area contributed by atoms with E-state index in [2.05, 4.69) is 0 Å². The minimum absolute atomic E-state index is 0. The molecule has 0 saturated carbocycles. The summed E-state index contributed by atoms with van der Waals surface area (Å²) < 4.78 is 15.9. The van der Waals surface area contributed by atoms with E-state index in [1.165, 1.54) is 14.2 Å². The Morgan fingerprint density at radius 2 is 1.46 bits per heavy atom. The molecule has 0 spiro atoms. The SMILES string of the molecule is COc1cc(OC)c(PC(=O)c2c(Cl)cccc2Cl)c(OC)c1.[Li+].